The Balaban J connectivity index is 1.43. The van der Waals surface area contributed by atoms with Gasteiger partial charge < -0.3 is 10.3 Å². The summed E-state index contributed by atoms with van der Waals surface area (Å²) in [4.78, 5) is 16.5. The summed E-state index contributed by atoms with van der Waals surface area (Å²) in [5.41, 5.74) is 6.58. The van der Waals surface area contributed by atoms with E-state index in [1.54, 1.807) is 6.33 Å². The first-order chi connectivity index (χ1) is 14.3. The van der Waals surface area contributed by atoms with Crippen LogP contribution in [0.15, 0.2) is 67.3 Å². The van der Waals surface area contributed by atoms with Crippen LogP contribution in [0.4, 0.5) is 10.3 Å². The largest absolute Gasteiger partial charge is 0.354 e. The molecule has 4 aromatic rings. The zero-order valence-electron chi connectivity index (χ0n) is 15.8. The summed E-state index contributed by atoms with van der Waals surface area (Å²) in [6, 6.07) is 15.1. The van der Waals surface area contributed by atoms with Gasteiger partial charge in [-0.25, -0.2) is 19.3 Å². The van der Waals surface area contributed by atoms with E-state index in [1.807, 2.05) is 36.7 Å². The van der Waals surface area contributed by atoms with E-state index in [-0.39, 0.29) is 11.7 Å². The molecule has 6 heteroatoms. The Morgan fingerprint density at radius 2 is 1.93 bits per heavy atom. The van der Waals surface area contributed by atoms with Crippen molar-refractivity contribution in [2.75, 3.05) is 11.9 Å². The van der Waals surface area contributed by atoms with E-state index in [0.29, 0.717) is 5.95 Å². The summed E-state index contributed by atoms with van der Waals surface area (Å²) < 4.78 is 13.4. The molecule has 0 aliphatic heterocycles. The number of fused-ring (bicyclic) bond motifs is 3. The topological polar surface area (TPSA) is 66.5 Å². The molecule has 0 amide bonds. The molecule has 1 aliphatic carbocycles. The fourth-order valence-electron chi connectivity index (χ4n) is 3.94. The third-order valence-corrected chi connectivity index (χ3v) is 5.38. The summed E-state index contributed by atoms with van der Waals surface area (Å²) in [5.74, 6) is 0.577. The SMILES string of the molecule is Fc1ccc(C2Cc3cnc(NCCc4cnc[nH]4)nc3-c3ccccc32)cc1. The average molecular weight is 385 g/mol. The standard InChI is InChI=1S/C23H20FN5/c24-17-7-5-15(6-8-17)21-11-16-12-27-23(26-10-9-18-13-25-14-28-18)29-22(16)20-4-2-1-3-19(20)21/h1-8,12-14,21H,9-11H2,(H,25,28)(H,26,27,29). The van der Waals surface area contributed by atoms with Gasteiger partial charge >= 0.3 is 0 Å². The van der Waals surface area contributed by atoms with Gasteiger partial charge in [0.2, 0.25) is 5.95 Å². The third-order valence-electron chi connectivity index (χ3n) is 5.38. The number of nitrogens with zero attached hydrogens (tertiary/aromatic N) is 3. The lowest BCUT2D eigenvalue weighted by atomic mass is 9.78. The van der Waals surface area contributed by atoms with Crippen LogP contribution in [0.5, 0.6) is 0 Å². The van der Waals surface area contributed by atoms with Gasteiger partial charge in [-0.3, -0.25) is 0 Å². The van der Waals surface area contributed by atoms with E-state index in [2.05, 4.69) is 32.4 Å². The van der Waals surface area contributed by atoms with Crippen LogP contribution in [0.1, 0.15) is 28.3 Å². The lowest BCUT2D eigenvalue weighted by Gasteiger charge is -2.27. The van der Waals surface area contributed by atoms with Crippen molar-refractivity contribution in [1.82, 2.24) is 19.9 Å². The summed E-state index contributed by atoms with van der Waals surface area (Å²) in [6.07, 6.45) is 7.03. The minimum atomic E-state index is -0.215. The molecular weight excluding hydrogens is 365 g/mol. The summed E-state index contributed by atoms with van der Waals surface area (Å²) in [7, 11) is 0. The van der Waals surface area contributed by atoms with Crippen molar-refractivity contribution >= 4 is 5.95 Å². The lowest BCUT2D eigenvalue weighted by Crippen LogP contribution is -2.16. The first-order valence-electron chi connectivity index (χ1n) is 9.70. The predicted molar refractivity (Wildman–Crippen MR) is 110 cm³/mol. The molecule has 0 saturated heterocycles. The molecule has 144 valence electrons. The van der Waals surface area contributed by atoms with Crippen molar-refractivity contribution in [2.45, 2.75) is 18.8 Å². The smallest absolute Gasteiger partial charge is 0.223 e. The van der Waals surface area contributed by atoms with E-state index >= 15 is 0 Å². The average Bonchev–Trinajstić information content (AvgIpc) is 3.27. The molecule has 0 radical (unpaired) electrons. The van der Waals surface area contributed by atoms with E-state index in [0.717, 1.165) is 47.5 Å². The molecule has 1 unspecified atom stereocenters. The van der Waals surface area contributed by atoms with Crippen molar-refractivity contribution in [1.29, 1.82) is 0 Å². The van der Waals surface area contributed by atoms with E-state index < -0.39 is 0 Å². The highest BCUT2D eigenvalue weighted by Gasteiger charge is 2.27. The molecule has 0 spiro atoms. The maximum atomic E-state index is 13.4. The number of aromatic amines is 1. The van der Waals surface area contributed by atoms with Crippen LogP contribution in [0.25, 0.3) is 11.3 Å². The summed E-state index contributed by atoms with van der Waals surface area (Å²) >= 11 is 0. The molecule has 29 heavy (non-hydrogen) atoms. The molecule has 2 aromatic carbocycles. The maximum Gasteiger partial charge on any atom is 0.223 e. The van der Waals surface area contributed by atoms with Crippen molar-refractivity contribution in [3.8, 4) is 11.3 Å². The van der Waals surface area contributed by atoms with Crippen LogP contribution in [0, 0.1) is 5.82 Å². The van der Waals surface area contributed by atoms with Gasteiger partial charge in [-0.2, -0.15) is 0 Å². The molecular formula is C23H20FN5. The number of anilines is 1. The molecule has 0 fully saturated rings. The third kappa shape index (κ3) is 3.49. The highest BCUT2D eigenvalue weighted by Crippen LogP contribution is 2.41. The van der Waals surface area contributed by atoms with Crippen molar-refractivity contribution in [3.63, 3.8) is 0 Å². The molecule has 2 N–H and O–H groups in total. The Morgan fingerprint density at radius 3 is 2.76 bits per heavy atom. The van der Waals surface area contributed by atoms with Gasteiger partial charge in [0.15, 0.2) is 0 Å². The number of imidazole rings is 1. The Kier molecular flexibility index (Phi) is 4.52. The van der Waals surface area contributed by atoms with Crippen LogP contribution >= 0.6 is 0 Å². The minimum absolute atomic E-state index is 0.169. The van der Waals surface area contributed by atoms with E-state index in [4.69, 9.17) is 4.98 Å². The zero-order chi connectivity index (χ0) is 19.6. The fourth-order valence-corrected chi connectivity index (χ4v) is 3.94. The number of halogens is 1. The summed E-state index contributed by atoms with van der Waals surface area (Å²) in [5, 5.41) is 3.30. The number of hydrogen-bond acceptors (Lipinski definition) is 4. The molecule has 5 nitrogen and oxygen atoms in total. The van der Waals surface area contributed by atoms with Crippen LogP contribution in [0.3, 0.4) is 0 Å². The number of nitrogens with one attached hydrogen (secondary N) is 2. The Hall–Kier alpha value is -3.54. The second kappa shape index (κ2) is 7.47. The van der Waals surface area contributed by atoms with Crippen LogP contribution in [0.2, 0.25) is 0 Å². The van der Waals surface area contributed by atoms with Gasteiger partial charge in [0.05, 0.1) is 12.0 Å². The molecule has 5 rings (SSSR count). The predicted octanol–water partition coefficient (Wildman–Crippen LogP) is 4.35. The highest BCUT2D eigenvalue weighted by atomic mass is 19.1. The van der Waals surface area contributed by atoms with Gasteiger partial charge in [-0.1, -0.05) is 36.4 Å². The monoisotopic (exact) mass is 385 g/mol. The second-order valence-electron chi connectivity index (χ2n) is 7.22. The Bertz CT molecular complexity index is 1120. The molecule has 2 aromatic heterocycles. The molecule has 2 heterocycles. The van der Waals surface area contributed by atoms with Gasteiger partial charge in [0, 0.05) is 42.5 Å². The Labute approximate surface area is 168 Å². The molecule has 0 bridgehead atoms. The number of aromatic nitrogens is 4. The highest BCUT2D eigenvalue weighted by molar-refractivity contribution is 5.72. The number of H-pyrrole nitrogens is 1. The first kappa shape index (κ1) is 17.6. The van der Waals surface area contributed by atoms with Gasteiger partial charge in [-0.05, 0) is 35.2 Å². The molecule has 1 aliphatic rings. The van der Waals surface area contributed by atoms with E-state index in [1.165, 1.54) is 17.7 Å². The van der Waals surface area contributed by atoms with Crippen LogP contribution < -0.4 is 5.32 Å². The number of rotatable bonds is 5. The second-order valence-corrected chi connectivity index (χ2v) is 7.22. The van der Waals surface area contributed by atoms with Crippen molar-refractivity contribution in [2.24, 2.45) is 0 Å². The van der Waals surface area contributed by atoms with Crippen molar-refractivity contribution < 1.29 is 4.39 Å². The van der Waals surface area contributed by atoms with E-state index in [9.17, 15) is 4.39 Å². The van der Waals surface area contributed by atoms with Crippen LogP contribution in [-0.2, 0) is 12.8 Å². The van der Waals surface area contributed by atoms with Crippen LogP contribution in [-0.4, -0.2) is 26.5 Å². The van der Waals surface area contributed by atoms with Gasteiger partial charge in [-0.15, -0.1) is 0 Å². The first-order valence-corrected chi connectivity index (χ1v) is 9.70. The molecule has 0 saturated carbocycles. The van der Waals surface area contributed by atoms with Gasteiger partial charge in [0.1, 0.15) is 5.82 Å². The maximum absolute atomic E-state index is 13.4. The van der Waals surface area contributed by atoms with Gasteiger partial charge in [0.25, 0.3) is 0 Å². The Morgan fingerprint density at radius 1 is 1.07 bits per heavy atom. The number of benzene rings is 2. The lowest BCUT2D eigenvalue weighted by molar-refractivity contribution is 0.626. The summed E-state index contributed by atoms with van der Waals surface area (Å²) in [6.45, 7) is 0.723. The normalized spacial score (nSPS) is 14.9. The minimum Gasteiger partial charge on any atom is -0.354 e. The molecule has 1 atom stereocenters. The number of hydrogen-bond donors (Lipinski definition) is 2. The zero-order valence-corrected chi connectivity index (χ0v) is 15.8. The van der Waals surface area contributed by atoms with Crippen molar-refractivity contribution in [3.05, 3.63) is 95.5 Å². The quantitative estimate of drug-likeness (QED) is 0.536. The fraction of sp³-hybridized carbons (Fsp3) is 0.174.